The second-order valence-electron chi connectivity index (χ2n) is 3.37. The zero-order valence-electron chi connectivity index (χ0n) is 9.64. The SMILES string of the molecule is C=C(c1cccc([N+](=O)[O-])c1)N(C)C(=S)NC. The predicted octanol–water partition coefficient (Wildman–Crippen LogP) is 2.00. The first kappa shape index (κ1) is 13.1. The van der Waals surface area contributed by atoms with Crippen LogP contribution in [0.3, 0.4) is 0 Å². The summed E-state index contributed by atoms with van der Waals surface area (Å²) in [6.07, 6.45) is 0. The lowest BCUT2D eigenvalue weighted by atomic mass is 10.1. The monoisotopic (exact) mass is 251 g/mol. The molecule has 90 valence electrons. The summed E-state index contributed by atoms with van der Waals surface area (Å²) in [5.74, 6) is 0. The number of non-ortho nitro benzene ring substituents is 1. The zero-order chi connectivity index (χ0) is 13.0. The Morgan fingerprint density at radius 1 is 1.59 bits per heavy atom. The van der Waals surface area contributed by atoms with E-state index in [-0.39, 0.29) is 5.69 Å². The molecule has 0 aromatic heterocycles. The highest BCUT2D eigenvalue weighted by molar-refractivity contribution is 7.80. The van der Waals surface area contributed by atoms with Gasteiger partial charge in [-0.1, -0.05) is 18.7 Å². The Bertz CT molecular complexity index is 474. The van der Waals surface area contributed by atoms with Crippen LogP contribution in [0.25, 0.3) is 5.70 Å². The van der Waals surface area contributed by atoms with Gasteiger partial charge in [0.15, 0.2) is 5.11 Å². The maximum absolute atomic E-state index is 10.7. The van der Waals surface area contributed by atoms with Gasteiger partial charge >= 0.3 is 0 Å². The smallest absolute Gasteiger partial charge is 0.270 e. The van der Waals surface area contributed by atoms with Crippen molar-refractivity contribution in [1.82, 2.24) is 10.2 Å². The minimum absolute atomic E-state index is 0.0347. The third-order valence-corrected chi connectivity index (χ3v) is 2.79. The largest absolute Gasteiger partial charge is 0.365 e. The van der Waals surface area contributed by atoms with Gasteiger partial charge in [0, 0.05) is 37.5 Å². The second-order valence-corrected chi connectivity index (χ2v) is 3.76. The van der Waals surface area contributed by atoms with Crippen LogP contribution in [-0.2, 0) is 0 Å². The van der Waals surface area contributed by atoms with Crippen molar-refractivity contribution in [2.45, 2.75) is 0 Å². The molecular formula is C11H13N3O2S. The quantitative estimate of drug-likeness (QED) is 0.506. The highest BCUT2D eigenvalue weighted by Gasteiger charge is 2.12. The van der Waals surface area contributed by atoms with E-state index in [1.807, 2.05) is 0 Å². The van der Waals surface area contributed by atoms with Crippen molar-refractivity contribution in [2.24, 2.45) is 0 Å². The molecule has 0 spiro atoms. The minimum atomic E-state index is -0.437. The first-order valence-electron chi connectivity index (χ1n) is 4.86. The van der Waals surface area contributed by atoms with Gasteiger partial charge in [-0.25, -0.2) is 0 Å². The number of benzene rings is 1. The number of nitro benzene ring substituents is 1. The van der Waals surface area contributed by atoms with Crippen LogP contribution < -0.4 is 5.32 Å². The summed E-state index contributed by atoms with van der Waals surface area (Å²) in [6, 6.07) is 6.28. The number of hydrogen-bond acceptors (Lipinski definition) is 3. The van der Waals surface area contributed by atoms with E-state index >= 15 is 0 Å². The van der Waals surface area contributed by atoms with Gasteiger partial charge in [-0.05, 0) is 12.2 Å². The van der Waals surface area contributed by atoms with E-state index in [2.05, 4.69) is 11.9 Å². The summed E-state index contributed by atoms with van der Waals surface area (Å²) in [5, 5.41) is 14.0. The molecule has 0 fully saturated rings. The highest BCUT2D eigenvalue weighted by Crippen LogP contribution is 2.20. The number of hydrogen-bond donors (Lipinski definition) is 1. The number of nitrogens with one attached hydrogen (secondary N) is 1. The van der Waals surface area contributed by atoms with Crippen LogP contribution in [0.1, 0.15) is 5.56 Å². The average Bonchev–Trinajstić information content (AvgIpc) is 2.36. The predicted molar refractivity (Wildman–Crippen MR) is 71.6 cm³/mol. The van der Waals surface area contributed by atoms with E-state index in [9.17, 15) is 10.1 Å². The van der Waals surface area contributed by atoms with E-state index in [4.69, 9.17) is 12.2 Å². The molecule has 0 amide bonds. The van der Waals surface area contributed by atoms with Crippen LogP contribution >= 0.6 is 12.2 Å². The summed E-state index contributed by atoms with van der Waals surface area (Å²) in [7, 11) is 3.46. The van der Waals surface area contributed by atoms with E-state index in [0.29, 0.717) is 16.4 Å². The Kier molecular flexibility index (Phi) is 4.17. The Labute approximate surface area is 105 Å². The molecule has 1 aromatic rings. The molecule has 0 bridgehead atoms. The van der Waals surface area contributed by atoms with Crippen LogP contribution in [0, 0.1) is 10.1 Å². The van der Waals surface area contributed by atoms with Crippen molar-refractivity contribution in [3.05, 3.63) is 46.5 Å². The molecule has 1 aromatic carbocycles. The van der Waals surface area contributed by atoms with Gasteiger partial charge in [-0.15, -0.1) is 0 Å². The molecular weight excluding hydrogens is 238 g/mol. The molecule has 0 saturated carbocycles. The molecule has 6 heteroatoms. The summed E-state index contributed by atoms with van der Waals surface area (Å²) in [6.45, 7) is 3.87. The van der Waals surface area contributed by atoms with Gasteiger partial charge < -0.3 is 10.2 Å². The standard InChI is InChI=1S/C11H13N3O2S/c1-8(13(3)11(17)12-2)9-5-4-6-10(7-9)14(15)16/h4-7H,1H2,2-3H3,(H,12,17). The molecule has 0 aliphatic rings. The lowest BCUT2D eigenvalue weighted by Crippen LogP contribution is -2.33. The first-order valence-corrected chi connectivity index (χ1v) is 5.27. The molecule has 1 rings (SSSR count). The van der Waals surface area contributed by atoms with Crippen molar-refractivity contribution in [3.8, 4) is 0 Å². The van der Waals surface area contributed by atoms with Gasteiger partial charge in [-0.2, -0.15) is 0 Å². The van der Waals surface area contributed by atoms with E-state index in [0.717, 1.165) is 0 Å². The van der Waals surface area contributed by atoms with Crippen molar-refractivity contribution >= 4 is 28.7 Å². The molecule has 0 heterocycles. The number of rotatable bonds is 3. The van der Waals surface area contributed by atoms with E-state index in [1.54, 1.807) is 31.1 Å². The maximum Gasteiger partial charge on any atom is 0.270 e. The fraction of sp³-hybridized carbons (Fsp3) is 0.182. The first-order chi connectivity index (χ1) is 7.97. The molecule has 0 aliphatic heterocycles. The molecule has 1 N–H and O–H groups in total. The fourth-order valence-electron chi connectivity index (χ4n) is 1.28. The van der Waals surface area contributed by atoms with Crippen molar-refractivity contribution in [1.29, 1.82) is 0 Å². The van der Waals surface area contributed by atoms with Gasteiger partial charge in [-0.3, -0.25) is 10.1 Å². The third kappa shape index (κ3) is 3.01. The zero-order valence-corrected chi connectivity index (χ0v) is 10.5. The Hall–Kier alpha value is -1.95. The topological polar surface area (TPSA) is 58.4 Å². The molecule has 0 unspecified atom stereocenters. The number of thiocarbonyl (C=S) groups is 1. The van der Waals surface area contributed by atoms with Crippen molar-refractivity contribution < 1.29 is 4.92 Å². The van der Waals surface area contributed by atoms with Gasteiger partial charge in [0.25, 0.3) is 5.69 Å². The lowest BCUT2D eigenvalue weighted by Gasteiger charge is -2.21. The normalized spacial score (nSPS) is 9.53. The van der Waals surface area contributed by atoms with Crippen LogP contribution in [0.5, 0.6) is 0 Å². The van der Waals surface area contributed by atoms with Crippen molar-refractivity contribution in [2.75, 3.05) is 14.1 Å². The highest BCUT2D eigenvalue weighted by atomic mass is 32.1. The van der Waals surface area contributed by atoms with Crippen LogP contribution in [0.15, 0.2) is 30.8 Å². The van der Waals surface area contributed by atoms with Gasteiger partial charge in [0.2, 0.25) is 0 Å². The average molecular weight is 251 g/mol. The second kappa shape index (κ2) is 5.40. The van der Waals surface area contributed by atoms with E-state index < -0.39 is 4.92 Å². The maximum atomic E-state index is 10.7. The fourth-order valence-corrected chi connectivity index (χ4v) is 1.39. The number of nitrogens with zero attached hydrogens (tertiary/aromatic N) is 2. The Morgan fingerprint density at radius 2 is 2.24 bits per heavy atom. The molecule has 0 radical (unpaired) electrons. The Balaban J connectivity index is 3.00. The molecule has 17 heavy (non-hydrogen) atoms. The minimum Gasteiger partial charge on any atom is -0.365 e. The molecule has 5 nitrogen and oxygen atoms in total. The van der Waals surface area contributed by atoms with Gasteiger partial charge in [0.05, 0.1) is 4.92 Å². The van der Waals surface area contributed by atoms with Crippen LogP contribution in [-0.4, -0.2) is 29.0 Å². The Morgan fingerprint density at radius 3 is 2.76 bits per heavy atom. The summed E-state index contributed by atoms with van der Waals surface area (Å²) >= 11 is 5.06. The summed E-state index contributed by atoms with van der Waals surface area (Å²) in [4.78, 5) is 11.9. The summed E-state index contributed by atoms with van der Waals surface area (Å²) in [5.41, 5.74) is 1.31. The van der Waals surface area contributed by atoms with Gasteiger partial charge in [0.1, 0.15) is 0 Å². The van der Waals surface area contributed by atoms with Crippen LogP contribution in [0.2, 0.25) is 0 Å². The van der Waals surface area contributed by atoms with Crippen LogP contribution in [0.4, 0.5) is 5.69 Å². The summed E-state index contributed by atoms with van der Waals surface area (Å²) < 4.78 is 0. The molecule has 0 atom stereocenters. The van der Waals surface area contributed by atoms with Crippen molar-refractivity contribution in [3.63, 3.8) is 0 Å². The van der Waals surface area contributed by atoms with E-state index in [1.165, 1.54) is 12.1 Å². The molecule has 0 saturated heterocycles. The molecule has 0 aliphatic carbocycles. The third-order valence-electron chi connectivity index (χ3n) is 2.31. The number of nitro groups is 1. The lowest BCUT2D eigenvalue weighted by molar-refractivity contribution is -0.384.